The fourth-order valence-corrected chi connectivity index (χ4v) is 4.04. The van der Waals surface area contributed by atoms with Gasteiger partial charge in [-0.25, -0.2) is 19.1 Å². The summed E-state index contributed by atoms with van der Waals surface area (Å²) in [7, 11) is -4.76. The van der Waals surface area contributed by atoms with Gasteiger partial charge < -0.3 is 19.5 Å². The maximum Gasteiger partial charge on any atom is 1.00 e. The molecular weight excluding hydrogens is 480 g/mol. The van der Waals surface area contributed by atoms with Gasteiger partial charge >= 0.3 is 48.6 Å². The van der Waals surface area contributed by atoms with Gasteiger partial charge in [0.1, 0.15) is 6.23 Å². The largest absolute Gasteiger partial charge is 1.00 e. The zero-order chi connectivity index (χ0) is 24.4. The van der Waals surface area contributed by atoms with Crippen molar-refractivity contribution in [3.05, 3.63) is 32.7 Å². The summed E-state index contributed by atoms with van der Waals surface area (Å²) in [5, 5.41) is 15.1. The summed E-state index contributed by atoms with van der Waals surface area (Å²) in [5.74, 6) is -0.665. The predicted octanol–water partition coefficient (Wildman–Crippen LogP) is 0.295. The van der Waals surface area contributed by atoms with Crippen LogP contribution in [-0.2, 0) is 18.6 Å². The molecule has 2 heterocycles. The molecule has 1 N–H and O–H groups in total. The van der Waals surface area contributed by atoms with E-state index in [1.165, 1.54) is 13.1 Å². The van der Waals surface area contributed by atoms with Crippen molar-refractivity contribution in [3.63, 3.8) is 0 Å². The summed E-state index contributed by atoms with van der Waals surface area (Å²) in [5.41, 5.74) is 6.80. The van der Waals surface area contributed by atoms with E-state index in [1.807, 2.05) is 0 Å². The Morgan fingerprint density at radius 2 is 2.09 bits per heavy atom. The first-order valence-electron chi connectivity index (χ1n) is 10.8. The van der Waals surface area contributed by atoms with Crippen LogP contribution in [0.2, 0.25) is 0 Å². The minimum atomic E-state index is -4.76. The van der Waals surface area contributed by atoms with Crippen molar-refractivity contribution in [2.24, 2.45) is 5.11 Å². The van der Waals surface area contributed by atoms with E-state index in [4.69, 9.17) is 19.5 Å². The van der Waals surface area contributed by atoms with E-state index in [0.29, 0.717) is 6.42 Å². The van der Waals surface area contributed by atoms with Crippen molar-refractivity contribution in [2.45, 2.75) is 77.2 Å². The van der Waals surface area contributed by atoms with E-state index in [1.54, 1.807) is 0 Å². The van der Waals surface area contributed by atoms with Gasteiger partial charge in [0.25, 0.3) is 0 Å². The average Bonchev–Trinajstić information content (AvgIpc) is 3.17. The summed E-state index contributed by atoms with van der Waals surface area (Å²) in [6.07, 6.45) is 5.11. The van der Waals surface area contributed by atoms with Gasteiger partial charge in [-0.1, -0.05) is 44.1 Å². The molecule has 4 atom stereocenters. The van der Waals surface area contributed by atoms with Crippen molar-refractivity contribution in [3.8, 4) is 5.88 Å². The molecule has 0 aromatic carbocycles. The molecule has 0 radical (unpaired) electrons. The van der Waals surface area contributed by atoms with Crippen molar-refractivity contribution >= 4 is 13.3 Å². The second kappa shape index (κ2) is 14.9. The smallest absolute Gasteiger partial charge is 0.858 e. The average molecular weight is 509 g/mol. The molecule has 1 aliphatic rings. The number of unbranched alkanes of at least 4 members (excludes halogenated alkanes) is 5. The van der Waals surface area contributed by atoms with Crippen LogP contribution in [0, 0.1) is 6.92 Å². The number of hydrogen-bond acceptors (Lipinski definition) is 9. The first-order chi connectivity index (χ1) is 15.7. The van der Waals surface area contributed by atoms with E-state index >= 15 is 0 Å². The van der Waals surface area contributed by atoms with E-state index in [-0.39, 0.29) is 48.1 Å². The van der Waals surface area contributed by atoms with Crippen molar-refractivity contribution < 1.29 is 62.9 Å². The Balaban J connectivity index is 0.00000578. The number of aryl methyl sites for hydroxylation is 1. The third-order valence-electron chi connectivity index (χ3n) is 5.17. The summed E-state index contributed by atoms with van der Waals surface area (Å²) in [6, 6.07) is -0.849. The number of nitrogens with zero attached hydrogens (tertiary/aromatic N) is 5. The molecule has 1 aromatic heterocycles. The van der Waals surface area contributed by atoms with Gasteiger partial charge in [0.05, 0.1) is 25.4 Å². The van der Waals surface area contributed by atoms with Crippen LogP contribution in [0.1, 0.15) is 63.7 Å². The van der Waals surface area contributed by atoms with Crippen LogP contribution in [0.3, 0.4) is 0 Å². The number of ether oxygens (including phenoxy) is 2. The maximum absolute atomic E-state index is 12.2. The van der Waals surface area contributed by atoms with Crippen molar-refractivity contribution in [1.82, 2.24) is 9.55 Å². The van der Waals surface area contributed by atoms with Gasteiger partial charge in [-0.2, -0.15) is 0 Å². The van der Waals surface area contributed by atoms with Gasteiger partial charge in [0.2, 0.25) is 0 Å². The number of aromatic nitrogens is 2. The third-order valence-corrected chi connectivity index (χ3v) is 6.26. The fraction of sp³-hybridized carbons (Fsp3) is 0.737. The molecule has 0 aliphatic carbocycles. The van der Waals surface area contributed by atoms with Crippen LogP contribution in [0.4, 0.5) is 4.79 Å². The minimum Gasteiger partial charge on any atom is -0.858 e. The summed E-state index contributed by atoms with van der Waals surface area (Å²) in [4.78, 5) is 40.0. The maximum atomic E-state index is 12.2. The minimum absolute atomic E-state index is 0. The van der Waals surface area contributed by atoms with Crippen LogP contribution in [-0.4, -0.2) is 45.5 Å². The van der Waals surface area contributed by atoms with E-state index in [0.717, 1.165) is 36.7 Å². The number of carbonyl (C=O) groups is 1. The quantitative estimate of drug-likeness (QED) is 0.0973. The molecule has 13 nitrogen and oxygen atoms in total. The summed E-state index contributed by atoms with van der Waals surface area (Å²) < 4.78 is 28.7. The first kappa shape index (κ1) is 30.6. The Morgan fingerprint density at radius 1 is 1.41 bits per heavy atom. The number of rotatable bonds is 13. The van der Waals surface area contributed by atoms with Crippen LogP contribution >= 0.6 is 7.60 Å². The number of carbonyl (C=O) groups excluding carboxylic acids is 1. The molecule has 1 fully saturated rings. The third kappa shape index (κ3) is 8.98. The second-order valence-electron chi connectivity index (χ2n) is 7.75. The van der Waals surface area contributed by atoms with Gasteiger partial charge in [0, 0.05) is 17.5 Å². The van der Waals surface area contributed by atoms with Crippen LogP contribution in [0.5, 0.6) is 5.88 Å². The molecule has 184 valence electrons. The van der Waals surface area contributed by atoms with Gasteiger partial charge in [-0.15, -0.1) is 0 Å². The molecule has 2 rings (SSSR count). The van der Waals surface area contributed by atoms with E-state index < -0.39 is 49.9 Å². The summed E-state index contributed by atoms with van der Waals surface area (Å²) in [6.45, 7) is 3.04. The number of azide groups is 1. The topological polar surface area (TPSA) is 189 Å². The SMILES string of the molecule is CCCCCCCCOC(=O)P(=O)(O)OC[C@H]1O[C@@H](n2cc(C)c([O-])nc2=O)C[C@@H]1N=[N+]=[N-].[Na+]. The fourth-order valence-electron chi connectivity index (χ4n) is 3.33. The zero-order valence-electron chi connectivity index (χ0n) is 19.7. The molecule has 1 saturated heterocycles. The summed E-state index contributed by atoms with van der Waals surface area (Å²) >= 11 is 0. The van der Waals surface area contributed by atoms with Gasteiger partial charge in [-0.05, 0) is 30.3 Å². The Hall–Kier alpha value is -1.43. The van der Waals surface area contributed by atoms with E-state index in [9.17, 15) is 24.2 Å². The second-order valence-corrected chi connectivity index (χ2v) is 9.42. The molecule has 0 bridgehead atoms. The Kier molecular flexibility index (Phi) is 13.4. The molecule has 0 spiro atoms. The van der Waals surface area contributed by atoms with Crippen molar-refractivity contribution in [1.29, 1.82) is 0 Å². The monoisotopic (exact) mass is 509 g/mol. The molecule has 34 heavy (non-hydrogen) atoms. The standard InChI is InChI=1S/C19H30N5O8P.Na/c1-3-4-5-6-7-8-9-30-19(27)33(28,29)31-12-15-14(22-23-20)10-16(32-15)24-11-13(2)17(25)21-18(24)26;/h11,14-16H,3-10,12H2,1-2H3,(H,28,29)(H,21,25,26);/q;+1/p-1/t14-,15+,16+;/m0./s1. The molecule has 0 saturated carbocycles. The molecule has 0 amide bonds. The molecule has 1 unspecified atom stereocenters. The van der Waals surface area contributed by atoms with Crippen LogP contribution in [0.15, 0.2) is 16.1 Å². The van der Waals surface area contributed by atoms with Crippen molar-refractivity contribution in [2.75, 3.05) is 13.2 Å². The molecule has 1 aromatic rings. The molecule has 15 heteroatoms. The normalized spacial score (nSPS) is 21.2. The Bertz CT molecular complexity index is 971. The Morgan fingerprint density at radius 3 is 2.76 bits per heavy atom. The Labute approximate surface area is 219 Å². The van der Waals surface area contributed by atoms with Gasteiger partial charge in [0.15, 0.2) is 0 Å². The van der Waals surface area contributed by atoms with Crippen LogP contribution in [0.25, 0.3) is 10.4 Å². The van der Waals surface area contributed by atoms with E-state index in [2.05, 4.69) is 21.9 Å². The van der Waals surface area contributed by atoms with Crippen LogP contribution < -0.4 is 40.4 Å². The molecule has 1 aliphatic heterocycles. The predicted molar refractivity (Wildman–Crippen MR) is 115 cm³/mol. The number of hydrogen-bond donors (Lipinski definition) is 1. The first-order valence-corrected chi connectivity index (χ1v) is 12.4. The zero-order valence-corrected chi connectivity index (χ0v) is 22.6. The van der Waals surface area contributed by atoms with Gasteiger partial charge in [-0.3, -0.25) is 9.09 Å². The molecular formula is C19H29N5NaO8P.